The summed E-state index contributed by atoms with van der Waals surface area (Å²) in [5.41, 5.74) is 7.51. The number of carbonyl (C=O) groups excluding carboxylic acids is 3. The van der Waals surface area contributed by atoms with Crippen LogP contribution in [0.15, 0.2) is 53.6 Å². The normalized spacial score (nSPS) is 18.1. The number of benzene rings is 2. The first-order chi connectivity index (χ1) is 15.9. The van der Waals surface area contributed by atoms with Gasteiger partial charge in [0, 0.05) is 36.7 Å². The Hall–Kier alpha value is -3.40. The Morgan fingerprint density at radius 1 is 1.06 bits per heavy atom. The first kappa shape index (κ1) is 22.8. The third-order valence-corrected chi connectivity index (χ3v) is 6.47. The van der Waals surface area contributed by atoms with Crippen LogP contribution < -0.4 is 16.1 Å². The van der Waals surface area contributed by atoms with Crippen molar-refractivity contribution in [2.75, 3.05) is 34.9 Å². The van der Waals surface area contributed by atoms with E-state index in [2.05, 4.69) is 10.4 Å². The number of hydrogen-bond acceptors (Lipinski definition) is 6. The van der Waals surface area contributed by atoms with Gasteiger partial charge in [0.1, 0.15) is 17.6 Å². The first-order valence-electron chi connectivity index (χ1n) is 10.6. The summed E-state index contributed by atoms with van der Waals surface area (Å²) in [4.78, 5) is 38.9. The Balaban J connectivity index is 1.40. The number of hydrazone groups is 1. The number of nitrogens with one attached hydrogen (secondary N) is 1. The Morgan fingerprint density at radius 3 is 2.36 bits per heavy atom. The van der Waals surface area contributed by atoms with Crippen LogP contribution in [0, 0.1) is 5.82 Å². The van der Waals surface area contributed by atoms with E-state index in [9.17, 15) is 18.8 Å². The van der Waals surface area contributed by atoms with Crippen LogP contribution in [0.2, 0.25) is 0 Å². The van der Waals surface area contributed by atoms with Crippen molar-refractivity contribution in [2.24, 2.45) is 10.8 Å². The molecule has 4 rings (SSSR count). The van der Waals surface area contributed by atoms with Crippen molar-refractivity contribution in [3.05, 3.63) is 59.9 Å². The van der Waals surface area contributed by atoms with E-state index < -0.39 is 23.7 Å². The molecule has 172 valence electrons. The minimum absolute atomic E-state index is 0.0409. The van der Waals surface area contributed by atoms with Crippen molar-refractivity contribution in [3.63, 3.8) is 0 Å². The third kappa shape index (κ3) is 5.51. The molecule has 33 heavy (non-hydrogen) atoms. The third-order valence-electron chi connectivity index (χ3n) is 5.52. The molecule has 2 aliphatic rings. The van der Waals surface area contributed by atoms with E-state index in [-0.39, 0.29) is 18.0 Å². The number of thioether (sulfide) groups is 1. The van der Waals surface area contributed by atoms with Gasteiger partial charge < -0.3 is 16.0 Å². The standard InChI is InChI=1S/C23H24FN5O3S/c24-16-3-7-18(8-4-16)29-20(22(25)31)14-19(27-29)23(32)26-17-5-1-15(2-6-17)13-21(30)28-9-11-33-12-10-28/h1-8,20H,9-14H2,(H2,25,31)(H,26,32). The van der Waals surface area contributed by atoms with Gasteiger partial charge in [-0.2, -0.15) is 16.9 Å². The smallest absolute Gasteiger partial charge is 0.271 e. The molecule has 0 aromatic heterocycles. The molecule has 2 aromatic carbocycles. The van der Waals surface area contributed by atoms with E-state index in [1.807, 2.05) is 16.7 Å². The largest absolute Gasteiger partial charge is 0.368 e. The second-order valence-corrected chi connectivity index (χ2v) is 9.04. The summed E-state index contributed by atoms with van der Waals surface area (Å²) in [7, 11) is 0. The number of nitrogens with zero attached hydrogens (tertiary/aromatic N) is 3. The summed E-state index contributed by atoms with van der Waals surface area (Å²) < 4.78 is 13.2. The number of hydrogen-bond donors (Lipinski definition) is 2. The zero-order valence-corrected chi connectivity index (χ0v) is 18.7. The van der Waals surface area contributed by atoms with Crippen LogP contribution in [0.5, 0.6) is 0 Å². The lowest BCUT2D eigenvalue weighted by Crippen LogP contribution is -2.39. The number of halogens is 1. The number of carbonyl (C=O) groups is 3. The Labute approximate surface area is 195 Å². The molecule has 0 bridgehead atoms. The summed E-state index contributed by atoms with van der Waals surface area (Å²) in [5.74, 6) is 0.528. The summed E-state index contributed by atoms with van der Waals surface area (Å²) in [6.45, 7) is 1.56. The topological polar surface area (TPSA) is 108 Å². The highest BCUT2D eigenvalue weighted by Crippen LogP contribution is 2.25. The lowest BCUT2D eigenvalue weighted by atomic mass is 10.1. The predicted octanol–water partition coefficient (Wildman–Crippen LogP) is 2.00. The second kappa shape index (κ2) is 10.0. The number of anilines is 2. The monoisotopic (exact) mass is 469 g/mol. The van der Waals surface area contributed by atoms with Gasteiger partial charge in [0.15, 0.2) is 0 Å². The van der Waals surface area contributed by atoms with Crippen LogP contribution in [0.1, 0.15) is 12.0 Å². The van der Waals surface area contributed by atoms with Crippen LogP contribution in [0.3, 0.4) is 0 Å². The SMILES string of the molecule is NC(=O)C1CC(C(=O)Nc2ccc(CC(=O)N3CCSCC3)cc2)=NN1c1ccc(F)cc1. The molecule has 0 radical (unpaired) electrons. The van der Waals surface area contributed by atoms with Gasteiger partial charge in [-0.05, 0) is 42.0 Å². The average molecular weight is 470 g/mol. The highest BCUT2D eigenvalue weighted by atomic mass is 32.2. The summed E-state index contributed by atoms with van der Waals surface area (Å²) in [6, 6.07) is 11.7. The van der Waals surface area contributed by atoms with Crippen molar-refractivity contribution in [1.82, 2.24) is 4.90 Å². The van der Waals surface area contributed by atoms with E-state index in [0.29, 0.717) is 17.8 Å². The molecule has 0 aliphatic carbocycles. The number of primary amides is 1. The molecule has 0 spiro atoms. The van der Waals surface area contributed by atoms with Gasteiger partial charge in [-0.25, -0.2) is 4.39 Å². The van der Waals surface area contributed by atoms with Crippen LogP contribution >= 0.6 is 11.8 Å². The zero-order chi connectivity index (χ0) is 23.4. The Bertz CT molecular complexity index is 1070. The van der Waals surface area contributed by atoms with E-state index in [4.69, 9.17) is 5.73 Å². The van der Waals surface area contributed by atoms with Gasteiger partial charge in [-0.3, -0.25) is 19.4 Å². The molecule has 3 amide bonds. The molecule has 2 aromatic rings. The highest BCUT2D eigenvalue weighted by molar-refractivity contribution is 7.99. The molecular formula is C23H24FN5O3S. The highest BCUT2D eigenvalue weighted by Gasteiger charge is 2.35. The van der Waals surface area contributed by atoms with Crippen molar-refractivity contribution < 1.29 is 18.8 Å². The molecule has 2 heterocycles. The molecule has 1 unspecified atom stereocenters. The summed E-state index contributed by atoms with van der Waals surface area (Å²) in [6.07, 6.45) is 0.359. The van der Waals surface area contributed by atoms with Crippen molar-refractivity contribution in [2.45, 2.75) is 18.9 Å². The number of amides is 3. The van der Waals surface area contributed by atoms with Crippen molar-refractivity contribution in [1.29, 1.82) is 0 Å². The van der Waals surface area contributed by atoms with Gasteiger partial charge >= 0.3 is 0 Å². The van der Waals surface area contributed by atoms with Crippen molar-refractivity contribution >= 4 is 46.6 Å². The Morgan fingerprint density at radius 2 is 1.73 bits per heavy atom. The minimum Gasteiger partial charge on any atom is -0.368 e. The molecule has 2 aliphatic heterocycles. The lowest BCUT2D eigenvalue weighted by molar-refractivity contribution is -0.130. The fourth-order valence-electron chi connectivity index (χ4n) is 3.71. The quantitative estimate of drug-likeness (QED) is 0.673. The van der Waals surface area contributed by atoms with Gasteiger partial charge in [0.25, 0.3) is 5.91 Å². The molecule has 0 saturated carbocycles. The van der Waals surface area contributed by atoms with Crippen molar-refractivity contribution in [3.8, 4) is 0 Å². The van der Waals surface area contributed by atoms with Gasteiger partial charge in [-0.15, -0.1) is 0 Å². The fourth-order valence-corrected chi connectivity index (χ4v) is 4.61. The fraction of sp³-hybridized carbons (Fsp3) is 0.304. The molecule has 10 heteroatoms. The van der Waals surface area contributed by atoms with Crippen LogP contribution in [-0.2, 0) is 20.8 Å². The van der Waals surface area contributed by atoms with E-state index in [0.717, 1.165) is 30.2 Å². The van der Waals surface area contributed by atoms with E-state index in [1.54, 1.807) is 24.3 Å². The van der Waals surface area contributed by atoms with Gasteiger partial charge in [-0.1, -0.05) is 12.1 Å². The number of rotatable bonds is 6. The van der Waals surface area contributed by atoms with Gasteiger partial charge in [0.2, 0.25) is 11.8 Å². The minimum atomic E-state index is -0.835. The maximum absolute atomic E-state index is 13.2. The van der Waals surface area contributed by atoms with Crippen LogP contribution in [0.25, 0.3) is 0 Å². The molecule has 1 fully saturated rings. The lowest BCUT2D eigenvalue weighted by Gasteiger charge is -2.26. The maximum Gasteiger partial charge on any atom is 0.271 e. The van der Waals surface area contributed by atoms with Crippen LogP contribution in [0.4, 0.5) is 15.8 Å². The molecule has 1 saturated heterocycles. The molecule has 1 atom stereocenters. The summed E-state index contributed by atoms with van der Waals surface area (Å²) in [5, 5.41) is 8.36. The average Bonchev–Trinajstić information content (AvgIpc) is 3.27. The molecule has 3 N–H and O–H groups in total. The second-order valence-electron chi connectivity index (χ2n) is 7.81. The predicted molar refractivity (Wildman–Crippen MR) is 127 cm³/mol. The zero-order valence-electron chi connectivity index (χ0n) is 17.9. The Kier molecular flexibility index (Phi) is 6.93. The molecular weight excluding hydrogens is 445 g/mol. The maximum atomic E-state index is 13.2. The van der Waals surface area contributed by atoms with E-state index in [1.165, 1.54) is 29.3 Å². The molecule has 8 nitrogen and oxygen atoms in total. The van der Waals surface area contributed by atoms with E-state index >= 15 is 0 Å². The van der Waals surface area contributed by atoms with Crippen LogP contribution in [-0.4, -0.2) is 59.0 Å². The van der Waals surface area contributed by atoms with Gasteiger partial charge in [0.05, 0.1) is 12.1 Å². The number of nitrogens with two attached hydrogens (primary N) is 1. The first-order valence-corrected chi connectivity index (χ1v) is 11.7. The summed E-state index contributed by atoms with van der Waals surface area (Å²) >= 11 is 1.85.